The largest absolute Gasteiger partial charge is 0.300 e. The lowest BCUT2D eigenvalue weighted by atomic mass is 10.1. The minimum absolute atomic E-state index is 0.0621. The van der Waals surface area contributed by atoms with Crippen molar-refractivity contribution in [3.8, 4) is 0 Å². The van der Waals surface area contributed by atoms with Crippen LogP contribution < -0.4 is 0 Å². The van der Waals surface area contributed by atoms with Gasteiger partial charge in [0.25, 0.3) is 0 Å². The molecule has 0 N–H and O–H groups in total. The van der Waals surface area contributed by atoms with Gasteiger partial charge in [-0.15, -0.1) is 0 Å². The Balaban J connectivity index is 3.61. The molecule has 0 aromatic rings. The number of carbonyl (C=O) groups is 3. The monoisotopic (exact) mass is 170 g/mol. The highest BCUT2D eigenvalue weighted by molar-refractivity contribution is 6.36. The Morgan fingerprint density at radius 3 is 2.00 bits per heavy atom. The van der Waals surface area contributed by atoms with Gasteiger partial charge in [-0.2, -0.15) is 0 Å². The van der Waals surface area contributed by atoms with Gasteiger partial charge in [0.15, 0.2) is 11.6 Å². The van der Waals surface area contributed by atoms with Crippen LogP contribution in [0.25, 0.3) is 0 Å². The summed E-state index contributed by atoms with van der Waals surface area (Å²) >= 11 is 0. The average Bonchev–Trinajstić information content (AvgIpc) is 2.00. The van der Waals surface area contributed by atoms with Gasteiger partial charge in [-0.25, -0.2) is 0 Å². The zero-order valence-corrected chi connectivity index (χ0v) is 7.55. The molecule has 0 bridgehead atoms. The van der Waals surface area contributed by atoms with E-state index in [9.17, 15) is 14.4 Å². The van der Waals surface area contributed by atoms with Crippen LogP contribution in [0.1, 0.15) is 39.5 Å². The Morgan fingerprint density at radius 2 is 1.58 bits per heavy atom. The summed E-state index contributed by atoms with van der Waals surface area (Å²) < 4.78 is 0. The highest BCUT2D eigenvalue weighted by atomic mass is 16.2. The maximum Gasteiger partial charge on any atom is 0.198 e. The minimum Gasteiger partial charge on any atom is -0.300 e. The number of rotatable bonds is 6. The molecule has 0 saturated carbocycles. The molecule has 0 aliphatic carbocycles. The van der Waals surface area contributed by atoms with Gasteiger partial charge < -0.3 is 0 Å². The molecular formula is C9H14O3. The van der Waals surface area contributed by atoms with E-state index in [4.69, 9.17) is 0 Å². The van der Waals surface area contributed by atoms with E-state index in [0.29, 0.717) is 6.42 Å². The number of Topliss-reactive ketones (excluding diaryl/α,β-unsaturated/α-hetero) is 3. The molecule has 0 unspecified atom stereocenters. The summed E-state index contributed by atoms with van der Waals surface area (Å²) in [4.78, 5) is 32.1. The number of hydrogen-bond donors (Lipinski definition) is 0. The molecule has 0 aliphatic rings. The van der Waals surface area contributed by atoms with E-state index in [2.05, 4.69) is 0 Å². The van der Waals surface area contributed by atoms with Crippen molar-refractivity contribution in [1.29, 1.82) is 0 Å². The summed E-state index contributed by atoms with van der Waals surface area (Å²) in [5, 5.41) is 0. The van der Waals surface area contributed by atoms with Crippen LogP contribution in [-0.2, 0) is 14.4 Å². The Kier molecular flexibility index (Phi) is 5.17. The fourth-order valence-electron chi connectivity index (χ4n) is 0.833. The highest BCUT2D eigenvalue weighted by Crippen LogP contribution is 1.99. The molecule has 3 heteroatoms. The van der Waals surface area contributed by atoms with Gasteiger partial charge in [0.1, 0.15) is 5.78 Å². The molecule has 0 spiro atoms. The van der Waals surface area contributed by atoms with E-state index in [0.717, 1.165) is 6.42 Å². The predicted molar refractivity (Wildman–Crippen MR) is 44.8 cm³/mol. The van der Waals surface area contributed by atoms with Gasteiger partial charge in [-0.05, 0) is 6.42 Å². The first kappa shape index (κ1) is 11.0. The van der Waals surface area contributed by atoms with Crippen molar-refractivity contribution in [2.45, 2.75) is 39.5 Å². The summed E-state index contributed by atoms with van der Waals surface area (Å²) in [6.07, 6.45) is 1.60. The van der Waals surface area contributed by atoms with Gasteiger partial charge in [-0.3, -0.25) is 14.4 Å². The van der Waals surface area contributed by atoms with E-state index < -0.39 is 11.6 Å². The normalized spacial score (nSPS) is 9.50. The summed E-state index contributed by atoms with van der Waals surface area (Å²) in [6.45, 7) is 3.14. The quantitative estimate of drug-likeness (QED) is 0.564. The third-order valence-corrected chi connectivity index (χ3v) is 1.55. The van der Waals surface area contributed by atoms with Crippen LogP contribution in [0.15, 0.2) is 0 Å². The molecule has 0 saturated heterocycles. The second-order valence-electron chi connectivity index (χ2n) is 2.77. The van der Waals surface area contributed by atoms with Crippen LogP contribution in [0, 0.1) is 0 Å². The fourth-order valence-corrected chi connectivity index (χ4v) is 0.833. The zero-order chi connectivity index (χ0) is 9.56. The first-order valence-electron chi connectivity index (χ1n) is 4.13. The molecule has 0 atom stereocenters. The summed E-state index contributed by atoms with van der Waals surface area (Å²) in [5.41, 5.74) is 0. The van der Waals surface area contributed by atoms with Crippen molar-refractivity contribution in [3.05, 3.63) is 0 Å². The van der Waals surface area contributed by atoms with Gasteiger partial charge in [0.05, 0.1) is 0 Å². The molecule has 3 nitrogen and oxygen atoms in total. The maximum atomic E-state index is 10.9. The standard InChI is InChI=1S/C9H14O3/c1-3-4-8(11)5-6-9(12)7(2)10/h3-6H2,1-2H3. The number of ketones is 3. The molecule has 0 amide bonds. The van der Waals surface area contributed by atoms with Crippen molar-refractivity contribution >= 4 is 17.3 Å². The van der Waals surface area contributed by atoms with E-state index in [1.165, 1.54) is 6.92 Å². The average molecular weight is 170 g/mol. The molecule has 0 aliphatic heterocycles. The Morgan fingerprint density at radius 1 is 1.00 bits per heavy atom. The van der Waals surface area contributed by atoms with Crippen molar-refractivity contribution in [2.24, 2.45) is 0 Å². The van der Waals surface area contributed by atoms with Gasteiger partial charge in [0, 0.05) is 26.2 Å². The van der Waals surface area contributed by atoms with E-state index in [1.807, 2.05) is 6.92 Å². The van der Waals surface area contributed by atoms with Crippen LogP contribution >= 0.6 is 0 Å². The van der Waals surface area contributed by atoms with Crippen LogP contribution in [-0.4, -0.2) is 17.3 Å². The predicted octanol–water partition coefficient (Wildman–Crippen LogP) is 1.29. The van der Waals surface area contributed by atoms with Crippen LogP contribution in [0.3, 0.4) is 0 Å². The Hall–Kier alpha value is -0.990. The van der Waals surface area contributed by atoms with Crippen molar-refractivity contribution in [1.82, 2.24) is 0 Å². The van der Waals surface area contributed by atoms with E-state index in [1.54, 1.807) is 0 Å². The van der Waals surface area contributed by atoms with Crippen LogP contribution in [0.4, 0.5) is 0 Å². The summed E-state index contributed by atoms with van der Waals surface area (Å²) in [5.74, 6) is -0.842. The van der Waals surface area contributed by atoms with Gasteiger partial charge in [-0.1, -0.05) is 6.92 Å². The van der Waals surface area contributed by atoms with Crippen LogP contribution in [0.2, 0.25) is 0 Å². The Labute approximate surface area is 72.1 Å². The van der Waals surface area contributed by atoms with Gasteiger partial charge in [0.2, 0.25) is 0 Å². The second-order valence-corrected chi connectivity index (χ2v) is 2.77. The lowest BCUT2D eigenvalue weighted by Crippen LogP contribution is -2.11. The summed E-state index contributed by atoms with van der Waals surface area (Å²) in [6, 6.07) is 0. The lowest BCUT2D eigenvalue weighted by Gasteiger charge is -1.95. The molecule has 68 valence electrons. The molecule has 0 heterocycles. The minimum atomic E-state index is -0.459. The Bertz CT molecular complexity index is 194. The second kappa shape index (κ2) is 5.63. The third kappa shape index (κ3) is 4.77. The molecular weight excluding hydrogens is 156 g/mol. The van der Waals surface area contributed by atoms with Crippen molar-refractivity contribution < 1.29 is 14.4 Å². The molecule has 0 aromatic carbocycles. The smallest absolute Gasteiger partial charge is 0.198 e. The van der Waals surface area contributed by atoms with Crippen molar-refractivity contribution in [2.75, 3.05) is 0 Å². The first-order chi connectivity index (χ1) is 5.57. The molecule has 12 heavy (non-hydrogen) atoms. The topological polar surface area (TPSA) is 51.2 Å². The first-order valence-corrected chi connectivity index (χ1v) is 4.13. The molecule has 0 aromatic heterocycles. The van der Waals surface area contributed by atoms with E-state index in [-0.39, 0.29) is 18.6 Å². The SMILES string of the molecule is CCCC(=O)CCC(=O)C(C)=O. The number of hydrogen-bond acceptors (Lipinski definition) is 3. The highest BCUT2D eigenvalue weighted by Gasteiger charge is 2.09. The number of carbonyl (C=O) groups excluding carboxylic acids is 3. The zero-order valence-electron chi connectivity index (χ0n) is 7.55. The van der Waals surface area contributed by atoms with Crippen molar-refractivity contribution in [3.63, 3.8) is 0 Å². The fraction of sp³-hybridized carbons (Fsp3) is 0.667. The third-order valence-electron chi connectivity index (χ3n) is 1.55. The summed E-state index contributed by atoms with van der Waals surface area (Å²) in [7, 11) is 0. The lowest BCUT2D eigenvalue weighted by molar-refractivity contribution is -0.136. The van der Waals surface area contributed by atoms with E-state index >= 15 is 0 Å². The van der Waals surface area contributed by atoms with Crippen LogP contribution in [0.5, 0.6) is 0 Å². The molecule has 0 radical (unpaired) electrons. The molecule has 0 fully saturated rings. The van der Waals surface area contributed by atoms with Gasteiger partial charge >= 0.3 is 0 Å². The maximum absolute atomic E-state index is 10.9. The molecule has 0 rings (SSSR count).